The quantitative estimate of drug-likeness (QED) is 0.690. The van der Waals surface area contributed by atoms with Gasteiger partial charge in [-0.1, -0.05) is 30.3 Å². The molecule has 0 saturated carbocycles. The number of hydrogen-bond donors (Lipinski definition) is 3. The van der Waals surface area contributed by atoms with Crippen LogP contribution in [0.4, 0.5) is 5.69 Å². The van der Waals surface area contributed by atoms with E-state index in [1.54, 1.807) is 18.2 Å². The molecule has 2 rings (SSSR count). The van der Waals surface area contributed by atoms with Gasteiger partial charge in [-0.2, -0.15) is 0 Å². The summed E-state index contributed by atoms with van der Waals surface area (Å²) in [5.41, 5.74) is 6.52. The molecule has 0 amide bonds. The van der Waals surface area contributed by atoms with E-state index in [1.165, 1.54) is 6.07 Å². The molecule has 0 aromatic heterocycles. The van der Waals surface area contributed by atoms with E-state index < -0.39 is 5.97 Å². The predicted octanol–water partition coefficient (Wildman–Crippen LogP) is 2.34. The molecule has 2 aromatic carbocycles. The molecule has 0 saturated heterocycles. The van der Waals surface area contributed by atoms with Crippen molar-refractivity contribution in [3.63, 3.8) is 0 Å². The van der Waals surface area contributed by atoms with Crippen LogP contribution in [0, 0.1) is 0 Å². The second kappa shape index (κ2) is 4.17. The van der Waals surface area contributed by atoms with Gasteiger partial charge in [0.25, 0.3) is 0 Å². The zero-order valence-corrected chi connectivity index (χ0v) is 8.92. The Hall–Kier alpha value is -2.49. The number of rotatable bonds is 2. The van der Waals surface area contributed by atoms with Crippen LogP contribution in [-0.2, 0) is 0 Å². The van der Waals surface area contributed by atoms with Gasteiger partial charge in [0.1, 0.15) is 11.3 Å². The number of benzene rings is 2. The molecule has 0 unspecified atom stereocenters. The van der Waals surface area contributed by atoms with Crippen molar-refractivity contribution in [1.29, 1.82) is 0 Å². The Morgan fingerprint density at radius 2 is 1.71 bits per heavy atom. The van der Waals surface area contributed by atoms with Crippen molar-refractivity contribution < 1.29 is 15.0 Å². The molecule has 4 heteroatoms. The van der Waals surface area contributed by atoms with Crippen LogP contribution in [0.25, 0.3) is 11.1 Å². The summed E-state index contributed by atoms with van der Waals surface area (Å²) in [6, 6.07) is 12.1. The lowest BCUT2D eigenvalue weighted by molar-refractivity contribution is 0.0695. The minimum Gasteiger partial charge on any atom is -0.506 e. The van der Waals surface area contributed by atoms with Crippen LogP contribution in [0.3, 0.4) is 0 Å². The fraction of sp³-hybridized carbons (Fsp3) is 0. The molecule has 0 fully saturated rings. The zero-order chi connectivity index (χ0) is 12.4. The normalized spacial score (nSPS) is 10.1. The molecule has 0 bridgehead atoms. The molecule has 2 aromatic rings. The van der Waals surface area contributed by atoms with Crippen LogP contribution in [-0.4, -0.2) is 16.2 Å². The highest BCUT2D eigenvalue weighted by atomic mass is 16.4. The summed E-state index contributed by atoms with van der Waals surface area (Å²) in [5.74, 6) is -1.54. The Kier molecular flexibility index (Phi) is 2.70. The largest absolute Gasteiger partial charge is 0.506 e. The second-order valence-electron chi connectivity index (χ2n) is 3.60. The van der Waals surface area contributed by atoms with E-state index in [4.69, 9.17) is 10.8 Å². The number of carboxylic acid groups (broad SMARTS) is 1. The molecule has 17 heavy (non-hydrogen) atoms. The Balaban J connectivity index is 2.66. The molecule has 4 N–H and O–H groups in total. The van der Waals surface area contributed by atoms with Crippen molar-refractivity contribution in [3.8, 4) is 16.9 Å². The van der Waals surface area contributed by atoms with Crippen molar-refractivity contribution >= 4 is 11.7 Å². The Labute approximate surface area is 97.9 Å². The summed E-state index contributed by atoms with van der Waals surface area (Å²) >= 11 is 0. The maximum absolute atomic E-state index is 11.0. The highest BCUT2D eigenvalue weighted by molar-refractivity contribution is 5.99. The SMILES string of the molecule is Nc1ccc(-c2ccccc2)c(O)c1C(=O)O. The minimum absolute atomic E-state index is 0.0506. The third-order valence-corrected chi connectivity index (χ3v) is 2.51. The van der Waals surface area contributed by atoms with Crippen molar-refractivity contribution in [2.75, 3.05) is 5.73 Å². The standard InChI is InChI=1S/C13H11NO3/c14-10-7-6-9(8-4-2-1-3-5-8)12(15)11(10)13(16)17/h1-7,15H,14H2,(H,16,17). The smallest absolute Gasteiger partial charge is 0.341 e. The Morgan fingerprint density at radius 3 is 2.29 bits per heavy atom. The lowest BCUT2D eigenvalue weighted by atomic mass is 10.0. The van der Waals surface area contributed by atoms with E-state index in [2.05, 4.69) is 0 Å². The first-order chi connectivity index (χ1) is 8.11. The number of anilines is 1. The lowest BCUT2D eigenvalue weighted by Crippen LogP contribution is -2.03. The van der Waals surface area contributed by atoms with E-state index in [0.717, 1.165) is 5.56 Å². The first kappa shape index (κ1) is 11.0. The minimum atomic E-state index is -1.24. The highest BCUT2D eigenvalue weighted by Gasteiger charge is 2.17. The van der Waals surface area contributed by atoms with E-state index in [1.807, 2.05) is 18.2 Å². The molecule has 0 aliphatic carbocycles. The van der Waals surface area contributed by atoms with Crippen LogP contribution >= 0.6 is 0 Å². The van der Waals surface area contributed by atoms with E-state index in [9.17, 15) is 9.90 Å². The first-order valence-corrected chi connectivity index (χ1v) is 5.01. The van der Waals surface area contributed by atoms with E-state index >= 15 is 0 Å². The fourth-order valence-corrected chi connectivity index (χ4v) is 1.68. The van der Waals surface area contributed by atoms with Gasteiger partial charge >= 0.3 is 5.97 Å². The van der Waals surface area contributed by atoms with Crippen LogP contribution in [0.2, 0.25) is 0 Å². The van der Waals surface area contributed by atoms with Crippen LogP contribution in [0.15, 0.2) is 42.5 Å². The van der Waals surface area contributed by atoms with Gasteiger partial charge in [0.15, 0.2) is 0 Å². The summed E-state index contributed by atoms with van der Waals surface area (Å²) < 4.78 is 0. The van der Waals surface area contributed by atoms with Gasteiger partial charge < -0.3 is 15.9 Å². The van der Waals surface area contributed by atoms with Crippen molar-refractivity contribution in [3.05, 3.63) is 48.0 Å². The number of aromatic carboxylic acids is 1. The van der Waals surface area contributed by atoms with Gasteiger partial charge in [0, 0.05) is 11.3 Å². The molecule has 86 valence electrons. The molecule has 0 atom stereocenters. The van der Waals surface area contributed by atoms with E-state index in [-0.39, 0.29) is 17.0 Å². The third kappa shape index (κ3) is 1.92. The molecule has 0 heterocycles. The van der Waals surface area contributed by atoms with Crippen LogP contribution in [0.5, 0.6) is 5.75 Å². The number of hydrogen-bond acceptors (Lipinski definition) is 3. The number of nitrogens with two attached hydrogens (primary N) is 1. The predicted molar refractivity (Wildman–Crippen MR) is 64.9 cm³/mol. The zero-order valence-electron chi connectivity index (χ0n) is 8.92. The monoisotopic (exact) mass is 229 g/mol. The fourth-order valence-electron chi connectivity index (χ4n) is 1.68. The molecular formula is C13H11NO3. The number of phenols is 1. The van der Waals surface area contributed by atoms with Gasteiger partial charge in [-0.3, -0.25) is 0 Å². The average Bonchev–Trinajstić information content (AvgIpc) is 2.30. The van der Waals surface area contributed by atoms with Crippen LogP contribution in [0.1, 0.15) is 10.4 Å². The number of aromatic hydroxyl groups is 1. The molecule has 0 aliphatic heterocycles. The third-order valence-electron chi connectivity index (χ3n) is 2.51. The summed E-state index contributed by atoms with van der Waals surface area (Å²) in [4.78, 5) is 11.0. The van der Waals surface area contributed by atoms with Gasteiger partial charge in [0.05, 0.1) is 0 Å². The summed E-state index contributed by atoms with van der Waals surface area (Å²) in [6.07, 6.45) is 0. The highest BCUT2D eigenvalue weighted by Crippen LogP contribution is 2.35. The Bertz CT molecular complexity index is 564. The lowest BCUT2D eigenvalue weighted by Gasteiger charge is -2.09. The van der Waals surface area contributed by atoms with Gasteiger partial charge in [-0.05, 0) is 17.7 Å². The van der Waals surface area contributed by atoms with Crippen molar-refractivity contribution in [1.82, 2.24) is 0 Å². The maximum atomic E-state index is 11.0. The maximum Gasteiger partial charge on any atom is 0.341 e. The molecule has 4 nitrogen and oxygen atoms in total. The van der Waals surface area contributed by atoms with Gasteiger partial charge in [0.2, 0.25) is 0 Å². The summed E-state index contributed by atoms with van der Waals surface area (Å²) in [6.45, 7) is 0. The number of nitrogen functional groups attached to an aromatic ring is 1. The molecule has 0 aliphatic rings. The topological polar surface area (TPSA) is 83.5 Å². The summed E-state index contributed by atoms with van der Waals surface area (Å²) in [5, 5.41) is 18.9. The summed E-state index contributed by atoms with van der Waals surface area (Å²) in [7, 11) is 0. The number of carbonyl (C=O) groups is 1. The number of carboxylic acids is 1. The molecular weight excluding hydrogens is 218 g/mol. The molecule has 0 radical (unpaired) electrons. The Morgan fingerprint density at radius 1 is 1.06 bits per heavy atom. The first-order valence-electron chi connectivity index (χ1n) is 5.01. The van der Waals surface area contributed by atoms with Crippen molar-refractivity contribution in [2.45, 2.75) is 0 Å². The van der Waals surface area contributed by atoms with Crippen LogP contribution < -0.4 is 5.73 Å². The van der Waals surface area contributed by atoms with Crippen molar-refractivity contribution in [2.24, 2.45) is 0 Å². The van der Waals surface area contributed by atoms with E-state index in [0.29, 0.717) is 5.56 Å². The van der Waals surface area contributed by atoms with Gasteiger partial charge in [-0.15, -0.1) is 0 Å². The van der Waals surface area contributed by atoms with Gasteiger partial charge in [-0.25, -0.2) is 4.79 Å². The average molecular weight is 229 g/mol. The molecule has 0 spiro atoms. The second-order valence-corrected chi connectivity index (χ2v) is 3.60.